The minimum absolute atomic E-state index is 0.0806. The molecule has 6 rings (SSSR count). The molecule has 206 valence electrons. The van der Waals surface area contributed by atoms with Crippen LogP contribution in [0.1, 0.15) is 13.3 Å². The summed E-state index contributed by atoms with van der Waals surface area (Å²) in [5, 5.41) is 11.5. The van der Waals surface area contributed by atoms with Crippen molar-refractivity contribution in [3.8, 4) is 5.75 Å². The van der Waals surface area contributed by atoms with Crippen LogP contribution in [0.4, 0.5) is 0 Å². The van der Waals surface area contributed by atoms with E-state index in [9.17, 15) is 14.7 Å². The van der Waals surface area contributed by atoms with Crippen LogP contribution in [0, 0.1) is 5.92 Å². The summed E-state index contributed by atoms with van der Waals surface area (Å²) in [5.41, 5.74) is 1.02. The van der Waals surface area contributed by atoms with Gasteiger partial charge in [0.25, 0.3) is 0 Å². The van der Waals surface area contributed by atoms with Crippen LogP contribution in [-0.4, -0.2) is 64.9 Å². The zero-order valence-corrected chi connectivity index (χ0v) is 25.8. The summed E-state index contributed by atoms with van der Waals surface area (Å²) in [6, 6.07) is 40.5. The van der Waals surface area contributed by atoms with E-state index in [1.165, 1.54) is 17.7 Å². The number of aliphatic hydroxyl groups is 1. The number of para-hydroxylation sites is 1. The molecule has 0 radical (unpaired) electrons. The fourth-order valence-electron chi connectivity index (χ4n) is 6.42. The molecule has 4 aromatic rings. The molecule has 1 amide bonds. The average Bonchev–Trinajstić information content (AvgIpc) is 3.15. The summed E-state index contributed by atoms with van der Waals surface area (Å²) in [5.74, 6) is -0.294. The van der Waals surface area contributed by atoms with E-state index in [4.69, 9.17) is 4.74 Å². The van der Waals surface area contributed by atoms with Crippen molar-refractivity contribution in [1.82, 2.24) is 4.90 Å². The summed E-state index contributed by atoms with van der Waals surface area (Å²) >= 11 is -3.84. The van der Waals surface area contributed by atoms with E-state index in [1.54, 1.807) is 17.0 Å². The van der Waals surface area contributed by atoms with Gasteiger partial charge in [-0.25, -0.2) is 0 Å². The Bertz CT molecular complexity index is 1450. The van der Waals surface area contributed by atoms with Gasteiger partial charge in [0.05, 0.1) is 0 Å². The number of hydrogen-bond acceptors (Lipinski definition) is 4. The Morgan fingerprint density at radius 2 is 1.27 bits per heavy atom. The standard InChI is InChI=1S/C17H18NO4.3C6H5.Sn/c1-10-8-13(11(2)19)15(20)14-16(17(21)18(14)9-10)22-12-6-4-3-5-7-12;3*1-2-4-6-5-3-1;/h1,3-7,13-16,20H,8-9H2,2H3;3*1-5H;/t13-,14-,15+,16+;;;;/m0..../s1. The van der Waals surface area contributed by atoms with Gasteiger partial charge in [-0.2, -0.15) is 0 Å². The zero-order chi connectivity index (χ0) is 28.4. The number of carbonyl (C=O) groups is 2. The van der Waals surface area contributed by atoms with Crippen molar-refractivity contribution in [2.24, 2.45) is 5.92 Å². The van der Waals surface area contributed by atoms with Crippen LogP contribution < -0.4 is 15.5 Å². The fraction of sp³-hybridized carbons (Fsp3) is 0.200. The molecule has 0 bridgehead atoms. The molecule has 0 spiro atoms. The Morgan fingerprint density at radius 3 is 1.73 bits per heavy atom. The molecule has 0 aromatic heterocycles. The minimum atomic E-state index is -3.84. The van der Waals surface area contributed by atoms with Crippen LogP contribution >= 0.6 is 0 Å². The van der Waals surface area contributed by atoms with E-state index in [1.807, 2.05) is 36.4 Å². The fourth-order valence-corrected chi connectivity index (χ4v) is 19.2. The number of Topliss-reactive ketones (excluding diaryl/α,β-unsaturated/α-hetero) is 1. The van der Waals surface area contributed by atoms with E-state index < -0.39 is 42.5 Å². The maximum absolute atomic E-state index is 13.5. The number of carbonyl (C=O) groups excluding carboxylic acids is 2. The summed E-state index contributed by atoms with van der Waals surface area (Å²) in [6.07, 6.45) is -1.43. The number of hydrogen-bond donors (Lipinski definition) is 1. The number of amides is 1. The van der Waals surface area contributed by atoms with Gasteiger partial charge in [-0.15, -0.1) is 0 Å². The number of ketones is 1. The first-order valence-electron chi connectivity index (χ1n) is 14.1. The first-order chi connectivity index (χ1) is 20.0. The van der Waals surface area contributed by atoms with Gasteiger partial charge in [0.1, 0.15) is 0 Å². The van der Waals surface area contributed by atoms with Gasteiger partial charge in [-0.1, -0.05) is 0 Å². The molecule has 4 aromatic carbocycles. The number of rotatable bonds is 7. The summed E-state index contributed by atoms with van der Waals surface area (Å²) in [7, 11) is 0. The molecule has 2 aliphatic heterocycles. The molecular formula is C35H33NO4Sn. The van der Waals surface area contributed by atoms with E-state index >= 15 is 0 Å². The molecule has 0 unspecified atom stereocenters. The SMILES string of the molecule is CC(=O)[C@@H]1C/C(=[CH]/[Sn]([c]2ccccc2)([c]2ccccc2)[c]2ccccc2)CN2C(=O)[C@H](Oc3ccccc3)[C@@H]2[C@@H]1O. The summed E-state index contributed by atoms with van der Waals surface area (Å²) in [4.78, 5) is 28.2. The van der Waals surface area contributed by atoms with Gasteiger partial charge >= 0.3 is 246 Å². The van der Waals surface area contributed by atoms with Crippen molar-refractivity contribution in [1.29, 1.82) is 0 Å². The Morgan fingerprint density at radius 1 is 0.805 bits per heavy atom. The second-order valence-corrected chi connectivity index (χ2v) is 21.3. The molecule has 4 atom stereocenters. The monoisotopic (exact) mass is 651 g/mol. The predicted molar refractivity (Wildman–Crippen MR) is 163 cm³/mol. The third-order valence-corrected chi connectivity index (χ3v) is 21.5. The number of fused-ring (bicyclic) bond motifs is 1. The Hall–Kier alpha value is -3.68. The van der Waals surface area contributed by atoms with E-state index in [0.717, 1.165) is 5.57 Å². The first kappa shape index (κ1) is 27.5. The van der Waals surface area contributed by atoms with Crippen LogP contribution in [-0.2, 0) is 9.59 Å². The van der Waals surface area contributed by atoms with E-state index in [-0.39, 0.29) is 11.7 Å². The second-order valence-electron chi connectivity index (χ2n) is 10.9. The zero-order valence-electron chi connectivity index (χ0n) is 23.0. The third-order valence-electron chi connectivity index (χ3n) is 8.45. The van der Waals surface area contributed by atoms with Gasteiger partial charge in [0.15, 0.2) is 0 Å². The predicted octanol–water partition coefficient (Wildman–Crippen LogP) is 3.25. The van der Waals surface area contributed by atoms with Crippen LogP contribution in [0.3, 0.4) is 0 Å². The Labute approximate surface area is 245 Å². The number of nitrogens with zero attached hydrogens (tertiary/aromatic N) is 1. The van der Waals surface area contributed by atoms with Crippen molar-refractivity contribution in [2.45, 2.75) is 31.6 Å². The average molecular weight is 650 g/mol. The van der Waals surface area contributed by atoms with Gasteiger partial charge in [0, 0.05) is 0 Å². The first-order valence-corrected chi connectivity index (χ1v) is 20.0. The van der Waals surface area contributed by atoms with E-state index in [0.29, 0.717) is 18.7 Å². The van der Waals surface area contributed by atoms with Crippen molar-refractivity contribution in [3.05, 3.63) is 131 Å². The van der Waals surface area contributed by atoms with Crippen LogP contribution in [0.2, 0.25) is 0 Å². The number of β-lactam (4-membered cyclic amide) rings is 1. The molecule has 2 aliphatic rings. The number of aliphatic hydroxyl groups excluding tert-OH is 1. The molecular weight excluding hydrogens is 617 g/mol. The van der Waals surface area contributed by atoms with Crippen molar-refractivity contribution >= 4 is 40.8 Å². The van der Waals surface area contributed by atoms with Crippen molar-refractivity contribution in [3.63, 3.8) is 0 Å². The quantitative estimate of drug-likeness (QED) is 0.247. The molecule has 2 saturated heterocycles. The second kappa shape index (κ2) is 11.7. The summed E-state index contributed by atoms with van der Waals surface area (Å²) in [6.45, 7) is 1.90. The summed E-state index contributed by atoms with van der Waals surface area (Å²) < 4.78 is 12.3. The normalized spacial score (nSPS) is 23.3. The van der Waals surface area contributed by atoms with Crippen LogP contribution in [0.5, 0.6) is 5.75 Å². The molecule has 2 fully saturated rings. The third kappa shape index (κ3) is 5.13. The molecule has 6 heteroatoms. The van der Waals surface area contributed by atoms with Crippen LogP contribution in [0.15, 0.2) is 131 Å². The molecule has 0 saturated carbocycles. The van der Waals surface area contributed by atoms with Crippen LogP contribution in [0.25, 0.3) is 0 Å². The topological polar surface area (TPSA) is 66.8 Å². The van der Waals surface area contributed by atoms with Gasteiger partial charge < -0.3 is 0 Å². The maximum atomic E-state index is 13.5. The Balaban J connectivity index is 1.48. The van der Waals surface area contributed by atoms with Crippen molar-refractivity contribution in [2.75, 3.05) is 6.54 Å². The van der Waals surface area contributed by atoms with Gasteiger partial charge in [-0.3, -0.25) is 0 Å². The van der Waals surface area contributed by atoms with Gasteiger partial charge in [-0.05, 0) is 0 Å². The van der Waals surface area contributed by atoms with Crippen molar-refractivity contribution < 1.29 is 19.4 Å². The molecule has 1 N–H and O–H groups in total. The van der Waals surface area contributed by atoms with Gasteiger partial charge in [0.2, 0.25) is 0 Å². The molecule has 5 nitrogen and oxygen atoms in total. The number of ether oxygens (including phenoxy) is 1. The number of benzene rings is 4. The molecule has 0 aliphatic carbocycles. The Kier molecular flexibility index (Phi) is 7.82. The molecule has 2 heterocycles. The molecule has 41 heavy (non-hydrogen) atoms. The van der Waals surface area contributed by atoms with E-state index in [2.05, 4.69) is 76.9 Å².